The lowest BCUT2D eigenvalue weighted by molar-refractivity contribution is -0.133. The summed E-state index contributed by atoms with van der Waals surface area (Å²) in [5.41, 5.74) is 0. The van der Waals surface area contributed by atoms with Gasteiger partial charge in [-0.3, -0.25) is 4.79 Å². The van der Waals surface area contributed by atoms with E-state index >= 15 is 0 Å². The highest BCUT2D eigenvalue weighted by Crippen LogP contribution is 2.23. The van der Waals surface area contributed by atoms with Crippen molar-refractivity contribution in [2.75, 3.05) is 19.0 Å². The Bertz CT molecular complexity index is 181. The fourth-order valence-electron chi connectivity index (χ4n) is 2.06. The van der Waals surface area contributed by atoms with Gasteiger partial charge in [0, 0.05) is 24.9 Å². The highest BCUT2D eigenvalue weighted by Gasteiger charge is 2.25. The van der Waals surface area contributed by atoms with Gasteiger partial charge < -0.3 is 10.0 Å². The van der Waals surface area contributed by atoms with E-state index in [0.29, 0.717) is 24.9 Å². The maximum Gasteiger partial charge on any atom is 0.224 e. The zero-order valence-electron chi connectivity index (χ0n) is 8.41. The largest absolute Gasteiger partial charge is 0.395 e. The van der Waals surface area contributed by atoms with E-state index in [9.17, 15) is 4.79 Å². The summed E-state index contributed by atoms with van der Waals surface area (Å²) < 4.78 is 0. The molecule has 4 heteroatoms. The summed E-state index contributed by atoms with van der Waals surface area (Å²) in [6, 6.07) is 0.345. The third-order valence-electron chi connectivity index (χ3n) is 2.74. The third-order valence-corrected chi connectivity index (χ3v) is 2.92. The molecule has 1 amide bonds. The maximum atomic E-state index is 11.7. The summed E-state index contributed by atoms with van der Waals surface area (Å²) in [5.74, 6) is 0.453. The summed E-state index contributed by atoms with van der Waals surface area (Å²) in [5, 5.41) is 8.89. The number of hydrogen-bond donors (Lipinski definition) is 1. The fourth-order valence-corrected chi connectivity index (χ4v) is 2.22. The van der Waals surface area contributed by atoms with Crippen LogP contribution in [0.25, 0.3) is 0 Å². The van der Waals surface area contributed by atoms with Crippen LogP contribution in [0.1, 0.15) is 32.1 Å². The minimum Gasteiger partial charge on any atom is -0.395 e. The second-order valence-corrected chi connectivity index (χ2v) is 4.07. The van der Waals surface area contributed by atoms with Gasteiger partial charge in [0.15, 0.2) is 0 Å². The van der Waals surface area contributed by atoms with Gasteiger partial charge in [0.2, 0.25) is 5.91 Å². The van der Waals surface area contributed by atoms with Crippen molar-refractivity contribution in [3.8, 4) is 0 Å². The standard InChI is InChI=1S/C10H18ClNO2/c11-6-5-10(14)12(7-8-13)9-3-1-2-4-9/h9,13H,1-8H2. The SMILES string of the molecule is O=C(CCCl)N(CCO)C1CCCC1. The smallest absolute Gasteiger partial charge is 0.224 e. The number of aliphatic hydroxyl groups is 1. The molecular weight excluding hydrogens is 202 g/mol. The van der Waals surface area contributed by atoms with Crippen LogP contribution in [0, 0.1) is 0 Å². The van der Waals surface area contributed by atoms with Gasteiger partial charge in [-0.2, -0.15) is 0 Å². The van der Waals surface area contributed by atoms with Crippen LogP contribution in [0.3, 0.4) is 0 Å². The number of carbonyl (C=O) groups excluding carboxylic acids is 1. The number of rotatable bonds is 5. The summed E-state index contributed by atoms with van der Waals surface area (Å²) in [7, 11) is 0. The summed E-state index contributed by atoms with van der Waals surface area (Å²) in [6.07, 6.45) is 4.93. The second-order valence-electron chi connectivity index (χ2n) is 3.69. The Morgan fingerprint density at radius 2 is 2.07 bits per heavy atom. The molecule has 0 radical (unpaired) electrons. The van der Waals surface area contributed by atoms with E-state index in [2.05, 4.69) is 0 Å². The Balaban J connectivity index is 2.48. The molecule has 0 aliphatic heterocycles. The van der Waals surface area contributed by atoms with E-state index in [0.717, 1.165) is 12.8 Å². The first-order valence-electron chi connectivity index (χ1n) is 5.26. The number of alkyl halides is 1. The molecule has 0 aromatic heterocycles. The average Bonchev–Trinajstić information content (AvgIpc) is 2.67. The van der Waals surface area contributed by atoms with Crippen LogP contribution in [0.2, 0.25) is 0 Å². The van der Waals surface area contributed by atoms with Crippen molar-refractivity contribution in [1.82, 2.24) is 4.90 Å². The monoisotopic (exact) mass is 219 g/mol. The Morgan fingerprint density at radius 1 is 1.43 bits per heavy atom. The van der Waals surface area contributed by atoms with Gasteiger partial charge in [-0.1, -0.05) is 12.8 Å². The topological polar surface area (TPSA) is 40.5 Å². The summed E-state index contributed by atoms with van der Waals surface area (Å²) in [6.45, 7) is 0.505. The minimum absolute atomic E-state index is 0.0462. The Hall–Kier alpha value is -0.280. The molecule has 0 unspecified atom stereocenters. The Morgan fingerprint density at radius 3 is 2.57 bits per heavy atom. The minimum atomic E-state index is 0.0462. The van der Waals surface area contributed by atoms with Gasteiger partial charge in [0.25, 0.3) is 0 Å². The molecule has 1 aliphatic carbocycles. The van der Waals surface area contributed by atoms with Crippen molar-refractivity contribution in [3.63, 3.8) is 0 Å². The number of halogens is 1. The van der Waals surface area contributed by atoms with Crippen molar-refractivity contribution >= 4 is 17.5 Å². The van der Waals surface area contributed by atoms with Gasteiger partial charge in [-0.15, -0.1) is 11.6 Å². The molecule has 1 rings (SSSR count). The van der Waals surface area contributed by atoms with E-state index in [-0.39, 0.29) is 12.5 Å². The lowest BCUT2D eigenvalue weighted by Gasteiger charge is -2.28. The van der Waals surface area contributed by atoms with Crippen LogP contribution >= 0.6 is 11.6 Å². The molecule has 0 saturated heterocycles. The maximum absolute atomic E-state index is 11.7. The number of hydrogen-bond acceptors (Lipinski definition) is 2. The van der Waals surface area contributed by atoms with Crippen LogP contribution in [-0.2, 0) is 4.79 Å². The van der Waals surface area contributed by atoms with Crippen LogP contribution in [0.15, 0.2) is 0 Å². The predicted molar refractivity (Wildman–Crippen MR) is 56.4 cm³/mol. The Kier molecular flexibility index (Phi) is 5.26. The highest BCUT2D eigenvalue weighted by atomic mass is 35.5. The van der Waals surface area contributed by atoms with E-state index in [1.807, 2.05) is 0 Å². The average molecular weight is 220 g/mol. The second kappa shape index (κ2) is 6.25. The molecule has 0 aromatic rings. The Labute approximate surface area is 90.0 Å². The molecule has 0 spiro atoms. The molecule has 1 fully saturated rings. The first-order chi connectivity index (χ1) is 6.79. The highest BCUT2D eigenvalue weighted by molar-refractivity contribution is 6.18. The zero-order chi connectivity index (χ0) is 10.4. The van der Waals surface area contributed by atoms with Crippen molar-refractivity contribution in [3.05, 3.63) is 0 Å². The van der Waals surface area contributed by atoms with E-state index in [1.165, 1.54) is 12.8 Å². The summed E-state index contributed by atoms with van der Waals surface area (Å²) in [4.78, 5) is 13.5. The molecule has 0 aromatic carbocycles. The van der Waals surface area contributed by atoms with Gasteiger partial charge in [0.1, 0.15) is 0 Å². The molecular formula is C10H18ClNO2. The van der Waals surface area contributed by atoms with Crippen LogP contribution in [0.4, 0.5) is 0 Å². The number of amides is 1. The third kappa shape index (κ3) is 3.14. The molecule has 1 N–H and O–H groups in total. The van der Waals surface area contributed by atoms with Crippen molar-refractivity contribution in [1.29, 1.82) is 0 Å². The lowest BCUT2D eigenvalue weighted by atomic mass is 10.2. The van der Waals surface area contributed by atoms with Crippen molar-refractivity contribution < 1.29 is 9.90 Å². The molecule has 0 heterocycles. The first kappa shape index (κ1) is 11.8. The fraction of sp³-hybridized carbons (Fsp3) is 0.900. The zero-order valence-corrected chi connectivity index (χ0v) is 9.17. The number of aliphatic hydroxyl groups excluding tert-OH is 1. The van der Waals surface area contributed by atoms with Crippen molar-refractivity contribution in [2.45, 2.75) is 38.1 Å². The molecule has 0 bridgehead atoms. The molecule has 14 heavy (non-hydrogen) atoms. The predicted octanol–water partition coefficient (Wildman–Crippen LogP) is 1.38. The van der Waals surface area contributed by atoms with E-state index in [4.69, 9.17) is 16.7 Å². The molecule has 1 saturated carbocycles. The summed E-state index contributed by atoms with van der Waals surface area (Å²) >= 11 is 5.54. The normalized spacial score (nSPS) is 17.3. The quantitative estimate of drug-likeness (QED) is 0.710. The number of nitrogens with zero attached hydrogens (tertiary/aromatic N) is 1. The lowest BCUT2D eigenvalue weighted by Crippen LogP contribution is -2.40. The van der Waals surface area contributed by atoms with Gasteiger partial charge in [-0.25, -0.2) is 0 Å². The molecule has 82 valence electrons. The molecule has 1 aliphatic rings. The van der Waals surface area contributed by atoms with Gasteiger partial charge >= 0.3 is 0 Å². The van der Waals surface area contributed by atoms with Crippen LogP contribution in [-0.4, -0.2) is 41.0 Å². The van der Waals surface area contributed by atoms with Crippen LogP contribution in [0.5, 0.6) is 0 Å². The van der Waals surface area contributed by atoms with E-state index in [1.54, 1.807) is 4.90 Å². The van der Waals surface area contributed by atoms with Gasteiger partial charge in [-0.05, 0) is 12.8 Å². The number of carbonyl (C=O) groups is 1. The first-order valence-corrected chi connectivity index (χ1v) is 5.79. The molecule has 0 atom stereocenters. The molecule has 3 nitrogen and oxygen atoms in total. The van der Waals surface area contributed by atoms with Gasteiger partial charge in [0.05, 0.1) is 6.61 Å². The van der Waals surface area contributed by atoms with E-state index < -0.39 is 0 Å². The van der Waals surface area contributed by atoms with Crippen LogP contribution < -0.4 is 0 Å². The van der Waals surface area contributed by atoms with Crippen molar-refractivity contribution in [2.24, 2.45) is 0 Å².